The van der Waals surface area contributed by atoms with E-state index in [2.05, 4.69) is 49.3 Å². The van der Waals surface area contributed by atoms with E-state index in [9.17, 15) is 0 Å². The number of benzene rings is 1. The summed E-state index contributed by atoms with van der Waals surface area (Å²) in [5.74, 6) is 0.815. The van der Waals surface area contributed by atoms with Gasteiger partial charge in [-0.15, -0.1) is 0 Å². The number of nitrogens with one attached hydrogen (secondary N) is 1. The molecular formula is C15H22N2S. The van der Waals surface area contributed by atoms with E-state index in [1.807, 2.05) is 0 Å². The monoisotopic (exact) mass is 262 g/mol. The number of rotatable bonds is 6. The van der Waals surface area contributed by atoms with Crippen LogP contribution in [0.25, 0.3) is 10.2 Å². The van der Waals surface area contributed by atoms with Gasteiger partial charge in [-0.25, -0.2) is 4.98 Å². The van der Waals surface area contributed by atoms with Gasteiger partial charge in [0.15, 0.2) is 5.13 Å². The molecular weight excluding hydrogens is 240 g/mol. The van der Waals surface area contributed by atoms with Gasteiger partial charge in [-0.3, -0.25) is 0 Å². The molecule has 2 nitrogen and oxygen atoms in total. The van der Waals surface area contributed by atoms with Gasteiger partial charge in [0.1, 0.15) is 0 Å². The van der Waals surface area contributed by atoms with Crippen molar-refractivity contribution in [3.8, 4) is 0 Å². The highest BCUT2D eigenvalue weighted by Crippen LogP contribution is 2.26. The Morgan fingerprint density at radius 1 is 1.28 bits per heavy atom. The number of fused-ring (bicyclic) bond motifs is 1. The van der Waals surface area contributed by atoms with Crippen molar-refractivity contribution in [1.29, 1.82) is 0 Å². The Kier molecular flexibility index (Phi) is 4.59. The maximum atomic E-state index is 4.61. The van der Waals surface area contributed by atoms with Crippen LogP contribution in [0.1, 0.15) is 38.7 Å². The van der Waals surface area contributed by atoms with Crippen LogP contribution in [0, 0.1) is 12.8 Å². The van der Waals surface area contributed by atoms with Crippen LogP contribution in [-0.2, 0) is 0 Å². The summed E-state index contributed by atoms with van der Waals surface area (Å²) in [4.78, 5) is 4.61. The lowest BCUT2D eigenvalue weighted by atomic mass is 10.1. The maximum Gasteiger partial charge on any atom is 0.183 e. The number of aromatic nitrogens is 1. The number of aryl methyl sites for hydroxylation is 1. The Morgan fingerprint density at radius 3 is 2.89 bits per heavy atom. The maximum absolute atomic E-state index is 4.61. The molecule has 18 heavy (non-hydrogen) atoms. The Morgan fingerprint density at radius 2 is 2.11 bits per heavy atom. The number of hydrogen-bond acceptors (Lipinski definition) is 3. The summed E-state index contributed by atoms with van der Waals surface area (Å²) in [6.45, 7) is 7.70. The van der Waals surface area contributed by atoms with Crippen LogP contribution in [0.4, 0.5) is 5.13 Å². The summed E-state index contributed by atoms with van der Waals surface area (Å²) in [6, 6.07) is 6.45. The van der Waals surface area contributed by atoms with Crippen molar-refractivity contribution in [3.63, 3.8) is 0 Å². The van der Waals surface area contributed by atoms with Crippen molar-refractivity contribution in [2.45, 2.75) is 40.0 Å². The standard InChI is InChI=1S/C15H22N2S/c1-11(2)6-4-5-9-16-15-17-13-10-12(3)7-8-14(13)18-15/h7-8,10-11H,4-6,9H2,1-3H3,(H,16,17). The molecule has 1 heterocycles. The second-order valence-corrected chi connectivity index (χ2v) is 6.34. The van der Waals surface area contributed by atoms with E-state index < -0.39 is 0 Å². The summed E-state index contributed by atoms with van der Waals surface area (Å²) in [5.41, 5.74) is 2.39. The van der Waals surface area contributed by atoms with E-state index in [0.29, 0.717) is 0 Å². The normalized spacial score (nSPS) is 11.3. The SMILES string of the molecule is Cc1ccc2sc(NCCCCC(C)C)nc2c1. The van der Waals surface area contributed by atoms with Crippen molar-refractivity contribution < 1.29 is 0 Å². The van der Waals surface area contributed by atoms with Crippen molar-refractivity contribution in [2.75, 3.05) is 11.9 Å². The predicted octanol–water partition coefficient (Wildman–Crippen LogP) is 4.84. The summed E-state index contributed by atoms with van der Waals surface area (Å²) in [6.07, 6.45) is 3.85. The number of anilines is 1. The average Bonchev–Trinajstić information content (AvgIpc) is 2.70. The molecule has 0 saturated carbocycles. The van der Waals surface area contributed by atoms with Crippen LogP contribution in [0.2, 0.25) is 0 Å². The molecule has 0 aliphatic heterocycles. The van der Waals surface area contributed by atoms with Gasteiger partial charge in [-0.05, 0) is 37.0 Å². The zero-order valence-corrected chi connectivity index (χ0v) is 12.3. The van der Waals surface area contributed by atoms with Gasteiger partial charge >= 0.3 is 0 Å². The first-order valence-electron chi connectivity index (χ1n) is 6.76. The first-order chi connectivity index (χ1) is 8.65. The molecule has 2 aromatic rings. The summed E-state index contributed by atoms with van der Waals surface area (Å²) >= 11 is 1.75. The molecule has 0 unspecified atom stereocenters. The molecule has 98 valence electrons. The minimum Gasteiger partial charge on any atom is -0.361 e. The van der Waals surface area contributed by atoms with E-state index in [1.54, 1.807) is 11.3 Å². The van der Waals surface area contributed by atoms with Gasteiger partial charge in [-0.1, -0.05) is 44.1 Å². The average molecular weight is 262 g/mol. The van der Waals surface area contributed by atoms with Crippen LogP contribution in [0.3, 0.4) is 0 Å². The van der Waals surface area contributed by atoms with Crippen molar-refractivity contribution in [3.05, 3.63) is 23.8 Å². The van der Waals surface area contributed by atoms with Crippen molar-refractivity contribution in [1.82, 2.24) is 4.98 Å². The van der Waals surface area contributed by atoms with Crippen LogP contribution >= 0.6 is 11.3 Å². The third-order valence-corrected chi connectivity index (χ3v) is 4.02. The van der Waals surface area contributed by atoms with Crippen molar-refractivity contribution >= 4 is 26.7 Å². The van der Waals surface area contributed by atoms with Crippen molar-refractivity contribution in [2.24, 2.45) is 5.92 Å². The van der Waals surface area contributed by atoms with Gasteiger partial charge in [0, 0.05) is 6.54 Å². The third-order valence-electron chi connectivity index (χ3n) is 3.03. The summed E-state index contributed by atoms with van der Waals surface area (Å²) < 4.78 is 1.27. The van der Waals surface area contributed by atoms with Crippen LogP contribution in [0.5, 0.6) is 0 Å². The molecule has 0 aliphatic carbocycles. The van der Waals surface area contributed by atoms with E-state index in [-0.39, 0.29) is 0 Å². The molecule has 0 fully saturated rings. The van der Waals surface area contributed by atoms with E-state index in [1.165, 1.54) is 29.5 Å². The van der Waals surface area contributed by atoms with Crippen LogP contribution in [0.15, 0.2) is 18.2 Å². The minimum atomic E-state index is 0.815. The highest BCUT2D eigenvalue weighted by molar-refractivity contribution is 7.22. The molecule has 2 rings (SSSR count). The minimum absolute atomic E-state index is 0.815. The molecule has 1 N–H and O–H groups in total. The highest BCUT2D eigenvalue weighted by Gasteiger charge is 2.03. The molecule has 1 aromatic heterocycles. The quantitative estimate of drug-likeness (QED) is 0.753. The topological polar surface area (TPSA) is 24.9 Å². The molecule has 1 aromatic carbocycles. The largest absolute Gasteiger partial charge is 0.361 e. The predicted molar refractivity (Wildman–Crippen MR) is 81.5 cm³/mol. The Hall–Kier alpha value is -1.09. The summed E-state index contributed by atoms with van der Waals surface area (Å²) in [5, 5.41) is 4.49. The first kappa shape index (κ1) is 13.3. The highest BCUT2D eigenvalue weighted by atomic mass is 32.1. The molecule has 0 aliphatic rings. The van der Waals surface area contributed by atoms with Gasteiger partial charge < -0.3 is 5.32 Å². The number of thiazole rings is 1. The molecule has 0 radical (unpaired) electrons. The van der Waals surface area contributed by atoms with Crippen LogP contribution in [-0.4, -0.2) is 11.5 Å². The number of unbranched alkanes of at least 4 members (excludes halogenated alkanes) is 1. The third kappa shape index (κ3) is 3.70. The summed E-state index contributed by atoms with van der Waals surface area (Å²) in [7, 11) is 0. The first-order valence-corrected chi connectivity index (χ1v) is 7.58. The lowest BCUT2D eigenvalue weighted by Crippen LogP contribution is -2.01. The lowest BCUT2D eigenvalue weighted by molar-refractivity contribution is 0.545. The Balaban J connectivity index is 1.84. The molecule has 0 bridgehead atoms. The van der Waals surface area contributed by atoms with Crippen LogP contribution < -0.4 is 5.32 Å². The van der Waals surface area contributed by atoms with Gasteiger partial charge in [0.05, 0.1) is 10.2 Å². The van der Waals surface area contributed by atoms with Gasteiger partial charge in [0.2, 0.25) is 0 Å². The number of hydrogen-bond donors (Lipinski definition) is 1. The molecule has 0 spiro atoms. The van der Waals surface area contributed by atoms with E-state index >= 15 is 0 Å². The molecule has 0 amide bonds. The fourth-order valence-electron chi connectivity index (χ4n) is 1.99. The molecule has 0 atom stereocenters. The Bertz CT molecular complexity index is 502. The second-order valence-electron chi connectivity index (χ2n) is 5.31. The smallest absolute Gasteiger partial charge is 0.183 e. The van der Waals surface area contributed by atoms with E-state index in [0.717, 1.165) is 23.1 Å². The van der Waals surface area contributed by atoms with E-state index in [4.69, 9.17) is 0 Å². The lowest BCUT2D eigenvalue weighted by Gasteiger charge is -2.04. The zero-order chi connectivity index (χ0) is 13.0. The fraction of sp³-hybridized carbons (Fsp3) is 0.533. The fourth-order valence-corrected chi connectivity index (χ4v) is 2.86. The zero-order valence-electron chi connectivity index (χ0n) is 11.5. The Labute approximate surface area is 113 Å². The molecule has 0 saturated heterocycles. The molecule has 3 heteroatoms. The second kappa shape index (κ2) is 6.19. The number of nitrogens with zero attached hydrogens (tertiary/aromatic N) is 1. The van der Waals surface area contributed by atoms with Gasteiger partial charge in [0.25, 0.3) is 0 Å². The van der Waals surface area contributed by atoms with Gasteiger partial charge in [-0.2, -0.15) is 0 Å².